The fourth-order valence-corrected chi connectivity index (χ4v) is 8.61. The van der Waals surface area contributed by atoms with E-state index in [-0.39, 0.29) is 17.4 Å². The van der Waals surface area contributed by atoms with Gasteiger partial charge in [0, 0.05) is 18.3 Å². The van der Waals surface area contributed by atoms with Gasteiger partial charge in [-0.3, -0.25) is 0 Å². The number of sulfone groups is 1. The molecule has 2 atom stereocenters. The molecule has 8 nitrogen and oxygen atoms in total. The van der Waals surface area contributed by atoms with Crippen molar-refractivity contribution in [1.29, 1.82) is 0 Å². The van der Waals surface area contributed by atoms with Crippen LogP contribution in [0.2, 0.25) is 0 Å². The molecule has 3 aromatic heterocycles. The molecule has 1 saturated heterocycles. The standard InChI is InChI=1S/C20H26N6O2S3/c1-11-3-4-13-14(7-11)30-19-17(13)18(21)22-15(23-19)9-29-20-25-24-16(26(20)2)8-12-5-6-31(27,28)10-12/h11-12H,3-10H2,1-2H3,(H2,21,22,23). The van der Waals surface area contributed by atoms with Crippen LogP contribution in [0, 0.1) is 11.8 Å². The first-order valence-electron chi connectivity index (χ1n) is 10.6. The van der Waals surface area contributed by atoms with Crippen LogP contribution < -0.4 is 5.73 Å². The highest BCUT2D eigenvalue weighted by Gasteiger charge is 2.29. The molecule has 0 amide bonds. The van der Waals surface area contributed by atoms with Crippen LogP contribution in [0.4, 0.5) is 5.82 Å². The van der Waals surface area contributed by atoms with E-state index in [0.717, 1.165) is 34.0 Å². The summed E-state index contributed by atoms with van der Waals surface area (Å²) in [7, 11) is -0.960. The van der Waals surface area contributed by atoms with Crippen LogP contribution in [0.1, 0.15) is 41.9 Å². The van der Waals surface area contributed by atoms with Gasteiger partial charge < -0.3 is 10.3 Å². The number of nitrogens with zero attached hydrogens (tertiary/aromatic N) is 5. The van der Waals surface area contributed by atoms with Crippen LogP contribution in [-0.2, 0) is 41.9 Å². The molecule has 2 unspecified atom stereocenters. The van der Waals surface area contributed by atoms with E-state index in [1.165, 1.54) is 28.6 Å². The van der Waals surface area contributed by atoms with Crippen molar-refractivity contribution in [3.63, 3.8) is 0 Å². The molecule has 0 aromatic carbocycles. The molecule has 166 valence electrons. The predicted molar refractivity (Wildman–Crippen MR) is 124 cm³/mol. The summed E-state index contributed by atoms with van der Waals surface area (Å²) in [6.45, 7) is 2.30. The number of anilines is 1. The van der Waals surface area contributed by atoms with Gasteiger partial charge in [-0.15, -0.1) is 21.5 Å². The molecule has 31 heavy (non-hydrogen) atoms. The fraction of sp³-hybridized carbons (Fsp3) is 0.600. The van der Waals surface area contributed by atoms with Gasteiger partial charge in [-0.2, -0.15) is 0 Å². The number of fused-ring (bicyclic) bond motifs is 3. The van der Waals surface area contributed by atoms with Crippen molar-refractivity contribution in [2.75, 3.05) is 17.2 Å². The number of hydrogen-bond donors (Lipinski definition) is 1. The summed E-state index contributed by atoms with van der Waals surface area (Å²) < 4.78 is 25.4. The first-order chi connectivity index (χ1) is 14.8. The molecular weight excluding hydrogens is 452 g/mol. The summed E-state index contributed by atoms with van der Waals surface area (Å²) in [5.74, 6) is 4.02. The second kappa shape index (κ2) is 8.00. The Bertz CT molecular complexity index is 1250. The van der Waals surface area contributed by atoms with E-state index in [0.29, 0.717) is 36.2 Å². The van der Waals surface area contributed by atoms with Crippen LogP contribution >= 0.6 is 23.1 Å². The Morgan fingerprint density at radius 1 is 1.26 bits per heavy atom. The van der Waals surface area contributed by atoms with Gasteiger partial charge in [-0.1, -0.05) is 18.7 Å². The van der Waals surface area contributed by atoms with E-state index in [4.69, 9.17) is 10.7 Å². The van der Waals surface area contributed by atoms with E-state index < -0.39 is 9.84 Å². The lowest BCUT2D eigenvalue weighted by Gasteiger charge is -2.17. The van der Waals surface area contributed by atoms with Crippen LogP contribution in [0.3, 0.4) is 0 Å². The highest BCUT2D eigenvalue weighted by atomic mass is 32.2. The van der Waals surface area contributed by atoms with Gasteiger partial charge in [0.1, 0.15) is 22.3 Å². The third-order valence-electron chi connectivity index (χ3n) is 6.28. The quantitative estimate of drug-likeness (QED) is 0.557. The molecule has 0 saturated carbocycles. The SMILES string of the molecule is CC1CCc2c(sc3nc(CSc4nnc(CC5CCS(=O)(=O)C5)n4C)nc(N)c23)C1. The van der Waals surface area contributed by atoms with Crippen LogP contribution in [0.5, 0.6) is 0 Å². The van der Waals surface area contributed by atoms with E-state index in [1.54, 1.807) is 11.3 Å². The van der Waals surface area contributed by atoms with Gasteiger partial charge >= 0.3 is 0 Å². The first-order valence-corrected chi connectivity index (χ1v) is 14.2. The maximum Gasteiger partial charge on any atom is 0.191 e. The summed E-state index contributed by atoms with van der Waals surface area (Å²) >= 11 is 3.28. The average Bonchev–Trinajstić information content (AvgIpc) is 3.35. The topological polar surface area (TPSA) is 117 Å². The van der Waals surface area contributed by atoms with Crippen molar-refractivity contribution in [3.8, 4) is 0 Å². The summed E-state index contributed by atoms with van der Waals surface area (Å²) in [6.07, 6.45) is 4.69. The molecule has 0 radical (unpaired) electrons. The molecule has 11 heteroatoms. The lowest BCUT2D eigenvalue weighted by atomic mass is 9.89. The van der Waals surface area contributed by atoms with Crippen molar-refractivity contribution < 1.29 is 8.42 Å². The monoisotopic (exact) mass is 478 g/mol. The lowest BCUT2D eigenvalue weighted by molar-refractivity contribution is 0.509. The molecule has 1 aliphatic heterocycles. The Morgan fingerprint density at radius 2 is 2.10 bits per heavy atom. The number of nitrogen functional groups attached to an aromatic ring is 1. The zero-order chi connectivity index (χ0) is 21.8. The Kier molecular flexibility index (Phi) is 5.46. The van der Waals surface area contributed by atoms with Gasteiger partial charge in [0.2, 0.25) is 0 Å². The van der Waals surface area contributed by atoms with Gasteiger partial charge in [-0.05, 0) is 43.1 Å². The third kappa shape index (κ3) is 4.19. The minimum atomic E-state index is -2.88. The van der Waals surface area contributed by atoms with Crippen molar-refractivity contribution in [1.82, 2.24) is 24.7 Å². The maximum atomic E-state index is 11.7. The molecule has 3 aromatic rings. The Labute approximate surface area is 190 Å². The zero-order valence-electron chi connectivity index (χ0n) is 17.7. The number of thioether (sulfide) groups is 1. The summed E-state index contributed by atoms with van der Waals surface area (Å²) in [4.78, 5) is 11.8. The largest absolute Gasteiger partial charge is 0.383 e. The highest BCUT2D eigenvalue weighted by molar-refractivity contribution is 7.98. The van der Waals surface area contributed by atoms with Gasteiger partial charge in [0.15, 0.2) is 15.0 Å². The normalized spacial score (nSPS) is 22.8. The number of aromatic nitrogens is 5. The van der Waals surface area contributed by atoms with E-state index in [2.05, 4.69) is 22.1 Å². The minimum Gasteiger partial charge on any atom is -0.383 e. The predicted octanol–water partition coefficient (Wildman–Crippen LogP) is 2.80. The molecule has 2 aliphatic rings. The third-order valence-corrected chi connectivity index (χ3v) is 10.3. The summed E-state index contributed by atoms with van der Waals surface area (Å²) in [5, 5.41) is 10.4. The van der Waals surface area contributed by atoms with E-state index in [1.807, 2.05) is 11.6 Å². The summed E-state index contributed by atoms with van der Waals surface area (Å²) in [6, 6.07) is 0. The van der Waals surface area contributed by atoms with Crippen molar-refractivity contribution in [2.24, 2.45) is 18.9 Å². The molecule has 5 rings (SSSR count). The second-order valence-electron chi connectivity index (χ2n) is 8.78. The maximum absolute atomic E-state index is 11.7. The Balaban J connectivity index is 1.31. The smallest absolute Gasteiger partial charge is 0.191 e. The number of thiophene rings is 1. The Hall–Kier alpha value is -1.72. The van der Waals surface area contributed by atoms with Crippen LogP contribution in [0.15, 0.2) is 5.16 Å². The molecule has 0 bridgehead atoms. The van der Waals surface area contributed by atoms with Gasteiger partial charge in [-0.25, -0.2) is 18.4 Å². The van der Waals surface area contributed by atoms with Gasteiger partial charge in [0.25, 0.3) is 0 Å². The molecule has 4 heterocycles. The second-order valence-corrected chi connectivity index (χ2v) is 13.0. The lowest BCUT2D eigenvalue weighted by Crippen LogP contribution is -2.11. The molecular formula is C20H26N6O2S3. The Morgan fingerprint density at radius 3 is 2.87 bits per heavy atom. The number of rotatable bonds is 5. The number of hydrogen-bond acceptors (Lipinski definition) is 9. The number of nitrogens with two attached hydrogens (primary N) is 1. The minimum absolute atomic E-state index is 0.129. The van der Waals surface area contributed by atoms with E-state index >= 15 is 0 Å². The molecule has 2 N–H and O–H groups in total. The highest BCUT2D eigenvalue weighted by Crippen LogP contribution is 2.39. The average molecular weight is 479 g/mol. The molecule has 1 fully saturated rings. The number of aryl methyl sites for hydroxylation is 1. The zero-order valence-corrected chi connectivity index (χ0v) is 20.1. The van der Waals surface area contributed by atoms with Crippen molar-refractivity contribution >= 4 is 49.0 Å². The van der Waals surface area contributed by atoms with Crippen molar-refractivity contribution in [2.45, 2.75) is 49.9 Å². The molecule has 0 spiro atoms. The van der Waals surface area contributed by atoms with E-state index in [9.17, 15) is 8.42 Å². The summed E-state index contributed by atoms with van der Waals surface area (Å²) in [5.41, 5.74) is 7.69. The van der Waals surface area contributed by atoms with Gasteiger partial charge in [0.05, 0.1) is 22.6 Å². The van der Waals surface area contributed by atoms with Crippen LogP contribution in [-0.4, -0.2) is 44.7 Å². The molecule has 1 aliphatic carbocycles. The van der Waals surface area contributed by atoms with Crippen LogP contribution in [0.25, 0.3) is 10.2 Å². The first kappa shape index (κ1) is 21.1. The van der Waals surface area contributed by atoms with Crippen molar-refractivity contribution in [3.05, 3.63) is 22.1 Å². The fourth-order valence-electron chi connectivity index (χ4n) is 4.55.